The Morgan fingerprint density at radius 1 is 1.29 bits per heavy atom. The molecule has 0 aliphatic carbocycles. The molecule has 3 rings (SSSR count). The molecule has 0 amide bonds. The molecule has 6 heteroatoms. The Bertz CT molecular complexity index is 820. The van der Waals surface area contributed by atoms with Gasteiger partial charge in [0.25, 0.3) is 0 Å². The Morgan fingerprint density at radius 2 is 2.00 bits per heavy atom. The molecule has 1 aliphatic rings. The van der Waals surface area contributed by atoms with Gasteiger partial charge in [-0.25, -0.2) is 0 Å². The zero-order valence-corrected chi connectivity index (χ0v) is 14.0. The fraction of sp³-hybridized carbons (Fsp3) is 0.444. The Balaban J connectivity index is 2.31. The third-order valence-electron chi connectivity index (χ3n) is 4.33. The number of anilines is 1. The van der Waals surface area contributed by atoms with Crippen LogP contribution in [0, 0.1) is 0 Å². The van der Waals surface area contributed by atoms with Gasteiger partial charge >= 0.3 is 5.97 Å². The van der Waals surface area contributed by atoms with Crippen LogP contribution in [0.3, 0.4) is 0 Å². The van der Waals surface area contributed by atoms with E-state index in [1.165, 1.54) is 6.07 Å². The van der Waals surface area contributed by atoms with Crippen molar-refractivity contribution >= 4 is 22.6 Å². The number of ether oxygens (including phenoxy) is 1. The Kier molecular flexibility index (Phi) is 4.57. The largest absolute Gasteiger partial charge is 0.481 e. The number of aromatic nitrogens is 1. The fourth-order valence-corrected chi connectivity index (χ4v) is 3.37. The van der Waals surface area contributed by atoms with E-state index in [9.17, 15) is 14.7 Å². The number of morpholine rings is 1. The first-order valence-electron chi connectivity index (χ1n) is 8.20. The van der Waals surface area contributed by atoms with Gasteiger partial charge in [0.05, 0.1) is 30.8 Å². The zero-order chi connectivity index (χ0) is 17.3. The minimum atomic E-state index is -0.938. The lowest BCUT2D eigenvalue weighted by atomic mass is 10.1. The van der Waals surface area contributed by atoms with E-state index < -0.39 is 5.97 Å². The van der Waals surface area contributed by atoms with E-state index in [0.29, 0.717) is 24.3 Å². The summed E-state index contributed by atoms with van der Waals surface area (Å²) in [6.45, 7) is 6.83. The van der Waals surface area contributed by atoms with Crippen LogP contribution in [0.15, 0.2) is 29.1 Å². The molecule has 1 saturated heterocycles. The van der Waals surface area contributed by atoms with Gasteiger partial charge in [-0.1, -0.05) is 6.07 Å². The average Bonchev–Trinajstić information content (AvgIpc) is 2.54. The average molecular weight is 330 g/mol. The second-order valence-corrected chi connectivity index (χ2v) is 6.31. The second-order valence-electron chi connectivity index (χ2n) is 6.31. The lowest BCUT2D eigenvalue weighted by molar-refractivity contribution is -0.136. The summed E-state index contributed by atoms with van der Waals surface area (Å²) in [6, 6.07) is 7.20. The minimum Gasteiger partial charge on any atom is -0.481 e. The van der Waals surface area contributed by atoms with E-state index in [4.69, 9.17) is 4.74 Å². The maximum Gasteiger partial charge on any atom is 0.309 e. The fourth-order valence-electron chi connectivity index (χ4n) is 3.37. The van der Waals surface area contributed by atoms with Crippen molar-refractivity contribution in [3.8, 4) is 0 Å². The van der Waals surface area contributed by atoms with Crippen LogP contribution in [-0.2, 0) is 16.0 Å². The first-order chi connectivity index (χ1) is 11.5. The summed E-state index contributed by atoms with van der Waals surface area (Å²) in [5, 5.41) is 9.84. The first-order valence-corrected chi connectivity index (χ1v) is 8.20. The van der Waals surface area contributed by atoms with Gasteiger partial charge in [0.15, 0.2) is 5.43 Å². The monoisotopic (exact) mass is 330 g/mol. The van der Waals surface area contributed by atoms with Crippen LogP contribution in [0.1, 0.15) is 25.6 Å². The number of aliphatic carboxylic acids is 1. The third-order valence-corrected chi connectivity index (χ3v) is 4.33. The zero-order valence-electron chi connectivity index (χ0n) is 14.0. The highest BCUT2D eigenvalue weighted by atomic mass is 16.5. The maximum atomic E-state index is 12.5. The van der Waals surface area contributed by atoms with Crippen molar-refractivity contribution in [2.24, 2.45) is 0 Å². The van der Waals surface area contributed by atoms with Crippen LogP contribution < -0.4 is 10.3 Å². The highest BCUT2D eigenvalue weighted by Crippen LogP contribution is 2.29. The number of fused-ring (bicyclic) bond motifs is 1. The van der Waals surface area contributed by atoms with E-state index in [-0.39, 0.29) is 17.9 Å². The molecule has 1 aliphatic heterocycles. The first kappa shape index (κ1) is 16.5. The van der Waals surface area contributed by atoms with Crippen LogP contribution in [0.5, 0.6) is 0 Å². The van der Waals surface area contributed by atoms with Crippen LogP contribution >= 0.6 is 0 Å². The summed E-state index contributed by atoms with van der Waals surface area (Å²) in [6.07, 6.45) is -0.166. The topological polar surface area (TPSA) is 71.8 Å². The van der Waals surface area contributed by atoms with Crippen LogP contribution in [0.25, 0.3) is 10.9 Å². The molecule has 128 valence electrons. The van der Waals surface area contributed by atoms with Gasteiger partial charge in [-0.3, -0.25) is 9.59 Å². The molecule has 2 aromatic rings. The number of rotatable bonds is 4. The van der Waals surface area contributed by atoms with Crippen molar-refractivity contribution in [3.63, 3.8) is 0 Å². The van der Waals surface area contributed by atoms with Crippen molar-refractivity contribution in [3.05, 3.63) is 40.2 Å². The van der Waals surface area contributed by atoms with Crippen LogP contribution in [0.4, 0.5) is 5.69 Å². The molecule has 24 heavy (non-hydrogen) atoms. The van der Waals surface area contributed by atoms with Crippen molar-refractivity contribution in [2.45, 2.75) is 26.3 Å². The van der Waals surface area contributed by atoms with E-state index in [2.05, 4.69) is 4.90 Å². The highest BCUT2D eigenvalue weighted by Gasteiger charge is 2.20. The second kappa shape index (κ2) is 6.65. The van der Waals surface area contributed by atoms with E-state index in [1.54, 1.807) is 0 Å². The number of pyridine rings is 1. The maximum absolute atomic E-state index is 12.5. The van der Waals surface area contributed by atoms with Gasteiger partial charge in [-0.05, 0) is 26.0 Å². The third kappa shape index (κ3) is 3.01. The number of carbonyl (C=O) groups is 1. The van der Waals surface area contributed by atoms with Crippen LogP contribution in [-0.4, -0.2) is 41.9 Å². The molecule has 6 nitrogen and oxygen atoms in total. The predicted octanol–water partition coefficient (Wildman–Crippen LogP) is 2.05. The molecule has 0 radical (unpaired) electrons. The molecule has 0 saturated carbocycles. The molecule has 0 bridgehead atoms. The molecule has 1 aromatic carbocycles. The van der Waals surface area contributed by atoms with E-state index >= 15 is 0 Å². The van der Waals surface area contributed by atoms with Crippen molar-refractivity contribution in [2.75, 3.05) is 31.2 Å². The summed E-state index contributed by atoms with van der Waals surface area (Å²) >= 11 is 0. The number of nitrogens with zero attached hydrogens (tertiary/aromatic N) is 2. The lowest BCUT2D eigenvalue weighted by Crippen LogP contribution is -2.37. The van der Waals surface area contributed by atoms with Crippen molar-refractivity contribution in [1.29, 1.82) is 0 Å². The molecule has 1 N–H and O–H groups in total. The Hall–Kier alpha value is -2.34. The molecular weight excluding hydrogens is 308 g/mol. The predicted molar refractivity (Wildman–Crippen MR) is 93.0 cm³/mol. The van der Waals surface area contributed by atoms with Crippen LogP contribution in [0.2, 0.25) is 0 Å². The van der Waals surface area contributed by atoms with Gasteiger partial charge < -0.3 is 19.3 Å². The minimum absolute atomic E-state index is 0.0460. The van der Waals surface area contributed by atoms with Crippen molar-refractivity contribution in [1.82, 2.24) is 4.57 Å². The van der Waals surface area contributed by atoms with E-state index in [0.717, 1.165) is 24.3 Å². The SMILES string of the molecule is CC(C)n1c(CC(=O)O)cc(=O)c2cccc(N3CCOCC3)c21. The molecule has 0 unspecified atom stereocenters. The molecule has 2 heterocycles. The number of benzene rings is 1. The highest BCUT2D eigenvalue weighted by molar-refractivity contribution is 5.92. The van der Waals surface area contributed by atoms with Gasteiger partial charge in [0.1, 0.15) is 0 Å². The molecule has 0 atom stereocenters. The van der Waals surface area contributed by atoms with Crippen molar-refractivity contribution < 1.29 is 14.6 Å². The molecule has 1 aromatic heterocycles. The summed E-state index contributed by atoms with van der Waals surface area (Å²) in [4.78, 5) is 26.0. The number of carboxylic acids is 1. The summed E-state index contributed by atoms with van der Waals surface area (Å²) in [5.74, 6) is -0.938. The summed E-state index contributed by atoms with van der Waals surface area (Å²) < 4.78 is 7.40. The lowest BCUT2D eigenvalue weighted by Gasteiger charge is -2.31. The van der Waals surface area contributed by atoms with Gasteiger partial charge in [0, 0.05) is 36.3 Å². The number of carboxylic acid groups (broad SMARTS) is 1. The van der Waals surface area contributed by atoms with Gasteiger partial charge in [-0.2, -0.15) is 0 Å². The summed E-state index contributed by atoms with van der Waals surface area (Å²) in [5.41, 5.74) is 2.19. The molecular formula is C18H22N2O4. The quantitative estimate of drug-likeness (QED) is 0.929. The number of para-hydroxylation sites is 1. The smallest absolute Gasteiger partial charge is 0.309 e. The Morgan fingerprint density at radius 3 is 2.62 bits per heavy atom. The molecule has 1 fully saturated rings. The number of hydrogen-bond acceptors (Lipinski definition) is 4. The van der Waals surface area contributed by atoms with E-state index in [1.807, 2.05) is 36.6 Å². The standard InChI is InChI=1S/C18H22N2O4/c1-12(2)20-13(11-17(22)23)10-16(21)14-4-3-5-15(18(14)20)19-6-8-24-9-7-19/h3-5,10,12H,6-9,11H2,1-2H3,(H,22,23). The molecule has 0 spiro atoms. The number of hydrogen-bond donors (Lipinski definition) is 1. The van der Waals surface area contributed by atoms with Gasteiger partial charge in [-0.15, -0.1) is 0 Å². The summed E-state index contributed by atoms with van der Waals surface area (Å²) in [7, 11) is 0. The Labute approximate surface area is 140 Å². The normalized spacial score (nSPS) is 15.2. The van der Waals surface area contributed by atoms with Gasteiger partial charge in [0.2, 0.25) is 0 Å².